The number of hydrogen-bond donors (Lipinski definition) is 0. The fourth-order valence-corrected chi connectivity index (χ4v) is 3.58. The maximum atomic E-state index is 11.9. The van der Waals surface area contributed by atoms with Crippen LogP contribution < -0.4 is 4.90 Å². The third-order valence-corrected chi connectivity index (χ3v) is 5.02. The van der Waals surface area contributed by atoms with Gasteiger partial charge in [-0.2, -0.15) is 0 Å². The number of ether oxygens (including phenoxy) is 1. The van der Waals surface area contributed by atoms with E-state index in [9.17, 15) is 4.79 Å². The molecule has 0 bridgehead atoms. The molecule has 27 heavy (non-hydrogen) atoms. The van der Waals surface area contributed by atoms with Crippen LogP contribution in [0.25, 0.3) is 22.3 Å². The molecule has 0 radical (unpaired) electrons. The van der Waals surface area contributed by atoms with Crippen LogP contribution in [0.3, 0.4) is 0 Å². The largest absolute Gasteiger partial charge is 0.465 e. The summed E-state index contributed by atoms with van der Waals surface area (Å²) in [5.41, 5.74) is 3.89. The van der Waals surface area contributed by atoms with Crippen LogP contribution in [0.5, 0.6) is 0 Å². The van der Waals surface area contributed by atoms with Gasteiger partial charge in [-0.05, 0) is 31.0 Å². The lowest BCUT2D eigenvalue weighted by atomic mass is 10.1. The predicted molar refractivity (Wildman–Crippen MR) is 107 cm³/mol. The molecule has 0 amide bonds. The van der Waals surface area contributed by atoms with Gasteiger partial charge in [-0.1, -0.05) is 43.2 Å². The Hall–Kier alpha value is -2.95. The summed E-state index contributed by atoms with van der Waals surface area (Å²) < 4.78 is 4.84. The molecule has 3 aromatic rings. The number of carbonyl (C=O) groups excluding carboxylic acids is 1. The van der Waals surface area contributed by atoms with Crippen LogP contribution in [-0.2, 0) is 4.74 Å². The third-order valence-electron chi connectivity index (χ3n) is 5.02. The van der Waals surface area contributed by atoms with Crippen molar-refractivity contribution < 1.29 is 9.53 Å². The molecule has 5 heteroatoms. The van der Waals surface area contributed by atoms with Crippen LogP contribution in [0, 0.1) is 0 Å². The molecule has 2 aromatic carbocycles. The van der Waals surface area contributed by atoms with E-state index in [1.54, 1.807) is 12.1 Å². The molecule has 0 spiro atoms. The summed E-state index contributed by atoms with van der Waals surface area (Å²) >= 11 is 0. The highest BCUT2D eigenvalue weighted by Gasteiger charge is 2.19. The zero-order chi connectivity index (χ0) is 18.6. The van der Waals surface area contributed by atoms with E-state index < -0.39 is 0 Å². The summed E-state index contributed by atoms with van der Waals surface area (Å²) in [5.74, 6) is 0.568. The number of fused-ring (bicyclic) bond motifs is 1. The van der Waals surface area contributed by atoms with E-state index in [4.69, 9.17) is 14.7 Å². The molecular formula is C22H23N3O2. The van der Waals surface area contributed by atoms with Gasteiger partial charge in [0, 0.05) is 18.7 Å². The van der Waals surface area contributed by atoms with Gasteiger partial charge in [0.25, 0.3) is 0 Å². The number of hydrogen-bond acceptors (Lipinski definition) is 5. The van der Waals surface area contributed by atoms with Crippen LogP contribution in [0.15, 0.2) is 48.5 Å². The highest BCUT2D eigenvalue weighted by Crippen LogP contribution is 2.31. The Balaban J connectivity index is 1.88. The molecule has 1 saturated heterocycles. The molecule has 2 heterocycles. The third kappa shape index (κ3) is 3.63. The molecule has 1 aromatic heterocycles. The molecule has 1 aliphatic heterocycles. The van der Waals surface area contributed by atoms with Gasteiger partial charge in [-0.25, -0.2) is 14.8 Å². The Labute approximate surface area is 159 Å². The molecule has 0 N–H and O–H groups in total. The summed E-state index contributed by atoms with van der Waals surface area (Å²) in [7, 11) is 1.38. The van der Waals surface area contributed by atoms with Crippen molar-refractivity contribution in [1.29, 1.82) is 0 Å². The second-order valence-electron chi connectivity index (χ2n) is 6.86. The van der Waals surface area contributed by atoms with Crippen molar-refractivity contribution >= 4 is 22.8 Å². The van der Waals surface area contributed by atoms with Gasteiger partial charge < -0.3 is 9.64 Å². The number of benzene rings is 2. The molecule has 0 aliphatic carbocycles. The molecule has 1 aliphatic rings. The Bertz CT molecular complexity index is 948. The van der Waals surface area contributed by atoms with Gasteiger partial charge in [0.15, 0.2) is 5.82 Å². The number of anilines is 1. The maximum absolute atomic E-state index is 11.9. The van der Waals surface area contributed by atoms with Gasteiger partial charge in [0.1, 0.15) is 5.69 Å². The van der Waals surface area contributed by atoms with Crippen molar-refractivity contribution in [3.8, 4) is 11.3 Å². The number of esters is 1. The smallest absolute Gasteiger partial charge is 0.337 e. The minimum absolute atomic E-state index is 0.364. The molecular weight excluding hydrogens is 338 g/mol. The second-order valence-corrected chi connectivity index (χ2v) is 6.86. The summed E-state index contributed by atoms with van der Waals surface area (Å²) in [4.78, 5) is 24.1. The number of carbonyl (C=O) groups is 1. The summed E-state index contributed by atoms with van der Waals surface area (Å²) in [6.45, 7) is 2.00. The van der Waals surface area contributed by atoms with Gasteiger partial charge >= 0.3 is 5.97 Å². The summed E-state index contributed by atoms with van der Waals surface area (Å²) in [6.07, 6.45) is 4.88. The van der Waals surface area contributed by atoms with E-state index >= 15 is 0 Å². The van der Waals surface area contributed by atoms with Crippen molar-refractivity contribution in [2.75, 3.05) is 25.1 Å². The van der Waals surface area contributed by atoms with Crippen molar-refractivity contribution in [3.63, 3.8) is 0 Å². The van der Waals surface area contributed by atoms with Crippen LogP contribution >= 0.6 is 0 Å². The Morgan fingerprint density at radius 3 is 2.37 bits per heavy atom. The van der Waals surface area contributed by atoms with E-state index in [-0.39, 0.29) is 5.97 Å². The number of aromatic nitrogens is 2. The lowest BCUT2D eigenvalue weighted by Gasteiger charge is -2.24. The normalized spacial score (nSPS) is 14.8. The topological polar surface area (TPSA) is 55.3 Å². The van der Waals surface area contributed by atoms with E-state index in [1.807, 2.05) is 24.3 Å². The monoisotopic (exact) mass is 361 g/mol. The quantitative estimate of drug-likeness (QED) is 0.645. The van der Waals surface area contributed by atoms with E-state index in [0.717, 1.165) is 35.7 Å². The highest BCUT2D eigenvalue weighted by molar-refractivity contribution is 5.94. The standard InChI is InChI=1S/C22H23N3O2/c1-27-22(26)17-11-12-18-19(15-17)23-20(16-9-5-4-6-10-16)21(24-18)25-13-7-2-3-8-14-25/h4-6,9-12,15H,2-3,7-8,13-14H2,1H3. The van der Waals surface area contributed by atoms with Gasteiger partial charge in [0.2, 0.25) is 0 Å². The van der Waals surface area contributed by atoms with Crippen molar-refractivity contribution in [1.82, 2.24) is 9.97 Å². The first-order chi connectivity index (χ1) is 13.3. The first kappa shape index (κ1) is 17.5. The van der Waals surface area contributed by atoms with Crippen LogP contribution in [-0.4, -0.2) is 36.1 Å². The lowest BCUT2D eigenvalue weighted by molar-refractivity contribution is 0.0601. The Morgan fingerprint density at radius 2 is 1.67 bits per heavy atom. The summed E-state index contributed by atoms with van der Waals surface area (Å²) in [5, 5.41) is 0. The number of rotatable bonds is 3. The average molecular weight is 361 g/mol. The van der Waals surface area contributed by atoms with Gasteiger partial charge in [-0.3, -0.25) is 0 Å². The minimum Gasteiger partial charge on any atom is -0.465 e. The van der Waals surface area contributed by atoms with Crippen molar-refractivity contribution in [2.45, 2.75) is 25.7 Å². The molecule has 0 unspecified atom stereocenters. The van der Waals surface area contributed by atoms with Crippen LogP contribution in [0.1, 0.15) is 36.0 Å². The fourth-order valence-electron chi connectivity index (χ4n) is 3.58. The minimum atomic E-state index is -0.364. The molecule has 0 saturated carbocycles. The molecule has 138 valence electrons. The van der Waals surface area contributed by atoms with Crippen molar-refractivity contribution in [2.24, 2.45) is 0 Å². The van der Waals surface area contributed by atoms with E-state index in [1.165, 1.54) is 32.8 Å². The molecule has 0 atom stereocenters. The van der Waals surface area contributed by atoms with Crippen molar-refractivity contribution in [3.05, 3.63) is 54.1 Å². The predicted octanol–water partition coefficient (Wildman–Crippen LogP) is 4.46. The van der Waals surface area contributed by atoms with E-state index in [2.05, 4.69) is 17.0 Å². The number of nitrogens with zero attached hydrogens (tertiary/aromatic N) is 3. The maximum Gasteiger partial charge on any atom is 0.337 e. The summed E-state index contributed by atoms with van der Waals surface area (Å²) in [6, 6.07) is 15.5. The van der Waals surface area contributed by atoms with Gasteiger partial charge in [0.05, 0.1) is 23.7 Å². The highest BCUT2D eigenvalue weighted by atomic mass is 16.5. The number of methoxy groups -OCH3 is 1. The van der Waals surface area contributed by atoms with Crippen LogP contribution in [0.4, 0.5) is 5.82 Å². The van der Waals surface area contributed by atoms with E-state index in [0.29, 0.717) is 11.1 Å². The zero-order valence-electron chi connectivity index (χ0n) is 15.5. The average Bonchev–Trinajstić information content (AvgIpc) is 3.02. The molecule has 4 rings (SSSR count). The zero-order valence-corrected chi connectivity index (χ0v) is 15.5. The van der Waals surface area contributed by atoms with Crippen LogP contribution in [0.2, 0.25) is 0 Å². The first-order valence-electron chi connectivity index (χ1n) is 9.47. The lowest BCUT2D eigenvalue weighted by Crippen LogP contribution is -2.26. The Kier molecular flexibility index (Phi) is 5.01. The molecule has 5 nitrogen and oxygen atoms in total. The van der Waals surface area contributed by atoms with Gasteiger partial charge in [-0.15, -0.1) is 0 Å². The molecule has 1 fully saturated rings. The fraction of sp³-hybridized carbons (Fsp3) is 0.318. The first-order valence-corrected chi connectivity index (χ1v) is 9.47. The second kappa shape index (κ2) is 7.74. The Morgan fingerprint density at radius 1 is 0.926 bits per heavy atom. The SMILES string of the molecule is COC(=O)c1ccc2nc(N3CCCCCC3)c(-c3ccccc3)nc2c1.